The van der Waals surface area contributed by atoms with Crippen molar-refractivity contribution < 1.29 is 0 Å². The van der Waals surface area contributed by atoms with Crippen molar-refractivity contribution in [1.29, 1.82) is 0 Å². The molecule has 17 heavy (non-hydrogen) atoms. The molecule has 0 unspecified atom stereocenters. The van der Waals surface area contributed by atoms with Gasteiger partial charge in [0, 0.05) is 12.6 Å². The van der Waals surface area contributed by atoms with E-state index in [4.69, 9.17) is 5.73 Å². The predicted molar refractivity (Wildman–Crippen MR) is 71.6 cm³/mol. The zero-order chi connectivity index (χ0) is 12.4. The van der Waals surface area contributed by atoms with E-state index in [1.54, 1.807) is 4.68 Å². The molecule has 0 saturated carbocycles. The molecule has 0 aliphatic rings. The number of nitrogen functional groups attached to an aromatic ring is 1. The quantitative estimate of drug-likeness (QED) is 0.879. The van der Waals surface area contributed by atoms with Crippen molar-refractivity contribution in [3.05, 3.63) is 36.0 Å². The summed E-state index contributed by atoms with van der Waals surface area (Å²) in [6.07, 6.45) is 0.954. The van der Waals surface area contributed by atoms with Crippen LogP contribution in [-0.4, -0.2) is 9.78 Å². The lowest BCUT2D eigenvalue weighted by atomic mass is 10.00. The Morgan fingerprint density at radius 2 is 1.88 bits per heavy atom. The Balaban J connectivity index is 2.52. The van der Waals surface area contributed by atoms with Gasteiger partial charge in [0.05, 0.1) is 5.69 Å². The highest BCUT2D eigenvalue weighted by molar-refractivity contribution is 5.76. The van der Waals surface area contributed by atoms with Gasteiger partial charge in [-0.25, -0.2) is 0 Å². The fraction of sp³-hybridized carbons (Fsp3) is 0.357. The zero-order valence-corrected chi connectivity index (χ0v) is 10.6. The predicted octanol–water partition coefficient (Wildman–Crippen LogP) is 2.87. The molecule has 2 N–H and O–H groups in total. The molecule has 3 nitrogen and oxygen atoms in total. The summed E-state index contributed by atoms with van der Waals surface area (Å²) in [6.45, 7) is 4.39. The molecule has 2 aromatic rings. The van der Waals surface area contributed by atoms with E-state index in [1.165, 1.54) is 0 Å². The number of aryl methyl sites for hydroxylation is 1. The van der Waals surface area contributed by atoms with Crippen LogP contribution in [0.5, 0.6) is 0 Å². The minimum absolute atomic E-state index is 0.576. The molecule has 0 radical (unpaired) electrons. The first-order valence-corrected chi connectivity index (χ1v) is 5.96. The number of hydrogen-bond acceptors (Lipinski definition) is 2. The van der Waals surface area contributed by atoms with Gasteiger partial charge in [-0.1, -0.05) is 44.2 Å². The van der Waals surface area contributed by atoms with Gasteiger partial charge in [0.1, 0.15) is 5.82 Å². The van der Waals surface area contributed by atoms with Crippen molar-refractivity contribution in [3.8, 4) is 11.1 Å². The molecule has 1 aromatic carbocycles. The van der Waals surface area contributed by atoms with Crippen molar-refractivity contribution in [3.63, 3.8) is 0 Å². The van der Waals surface area contributed by atoms with Crippen LogP contribution in [0.2, 0.25) is 0 Å². The smallest absolute Gasteiger partial charge is 0.129 e. The van der Waals surface area contributed by atoms with Gasteiger partial charge < -0.3 is 5.73 Å². The third kappa shape index (κ3) is 2.33. The third-order valence-corrected chi connectivity index (χ3v) is 2.83. The van der Waals surface area contributed by atoms with Crippen LogP contribution >= 0.6 is 0 Å². The summed E-state index contributed by atoms with van der Waals surface area (Å²) in [4.78, 5) is 0. The average Bonchev–Trinajstić information content (AvgIpc) is 2.55. The van der Waals surface area contributed by atoms with Crippen molar-refractivity contribution >= 4 is 5.82 Å². The van der Waals surface area contributed by atoms with Crippen LogP contribution in [0.15, 0.2) is 30.3 Å². The molecule has 90 valence electrons. The molecular formula is C14H19N3. The lowest BCUT2D eigenvalue weighted by Gasteiger charge is -2.05. The highest BCUT2D eigenvalue weighted by Gasteiger charge is 2.16. The van der Waals surface area contributed by atoms with Gasteiger partial charge in [-0.15, -0.1) is 0 Å². The number of aromatic nitrogens is 2. The molecule has 1 aromatic heterocycles. The summed E-state index contributed by atoms with van der Waals surface area (Å²) in [5, 5.41) is 4.52. The summed E-state index contributed by atoms with van der Waals surface area (Å²) >= 11 is 0. The molecule has 0 aliphatic heterocycles. The normalized spacial score (nSPS) is 11.1. The maximum atomic E-state index is 6.11. The van der Waals surface area contributed by atoms with Gasteiger partial charge in [-0.05, 0) is 17.9 Å². The molecule has 0 fully saturated rings. The highest BCUT2D eigenvalue weighted by atomic mass is 15.3. The first kappa shape index (κ1) is 11.7. The van der Waals surface area contributed by atoms with Crippen LogP contribution < -0.4 is 5.73 Å². The van der Waals surface area contributed by atoms with E-state index in [2.05, 4.69) is 31.1 Å². The van der Waals surface area contributed by atoms with Gasteiger partial charge in [0.15, 0.2) is 0 Å². The number of nitrogens with two attached hydrogens (primary N) is 1. The van der Waals surface area contributed by atoms with Crippen LogP contribution in [0.4, 0.5) is 5.82 Å². The van der Waals surface area contributed by atoms with Crippen molar-refractivity contribution in [2.75, 3.05) is 5.73 Å². The molecule has 0 atom stereocenters. The molecule has 0 spiro atoms. The number of nitrogens with zero attached hydrogens (tertiary/aromatic N) is 2. The van der Waals surface area contributed by atoms with Crippen molar-refractivity contribution in [2.45, 2.75) is 20.3 Å². The largest absolute Gasteiger partial charge is 0.383 e. The Morgan fingerprint density at radius 1 is 1.24 bits per heavy atom. The minimum atomic E-state index is 0.576. The van der Waals surface area contributed by atoms with Gasteiger partial charge >= 0.3 is 0 Å². The van der Waals surface area contributed by atoms with E-state index in [9.17, 15) is 0 Å². The third-order valence-electron chi connectivity index (χ3n) is 2.83. The summed E-state index contributed by atoms with van der Waals surface area (Å²) < 4.78 is 1.76. The molecule has 2 rings (SSSR count). The summed E-state index contributed by atoms with van der Waals surface area (Å²) in [6, 6.07) is 10.2. The van der Waals surface area contributed by atoms with E-state index in [0.29, 0.717) is 5.92 Å². The Bertz CT molecular complexity index is 498. The molecule has 0 bridgehead atoms. The molecule has 0 aliphatic carbocycles. The van der Waals surface area contributed by atoms with E-state index in [-0.39, 0.29) is 0 Å². The summed E-state index contributed by atoms with van der Waals surface area (Å²) in [5.41, 5.74) is 9.43. The van der Waals surface area contributed by atoms with E-state index in [0.717, 1.165) is 29.1 Å². The summed E-state index contributed by atoms with van der Waals surface area (Å²) in [7, 11) is 1.89. The van der Waals surface area contributed by atoms with Crippen LogP contribution in [0.3, 0.4) is 0 Å². The maximum Gasteiger partial charge on any atom is 0.129 e. The Hall–Kier alpha value is -1.77. The fourth-order valence-corrected chi connectivity index (χ4v) is 2.04. The minimum Gasteiger partial charge on any atom is -0.383 e. The summed E-state index contributed by atoms with van der Waals surface area (Å²) in [5.74, 6) is 1.32. The van der Waals surface area contributed by atoms with Crippen LogP contribution in [0.25, 0.3) is 11.1 Å². The van der Waals surface area contributed by atoms with Gasteiger partial charge in [-0.2, -0.15) is 5.10 Å². The molecule has 0 saturated heterocycles. The second kappa shape index (κ2) is 4.62. The lowest BCUT2D eigenvalue weighted by molar-refractivity contribution is 0.622. The van der Waals surface area contributed by atoms with E-state index >= 15 is 0 Å². The van der Waals surface area contributed by atoms with Crippen molar-refractivity contribution in [2.24, 2.45) is 13.0 Å². The Labute approximate surface area is 102 Å². The monoisotopic (exact) mass is 229 g/mol. The Morgan fingerprint density at radius 3 is 2.47 bits per heavy atom. The molecule has 0 amide bonds. The Kier molecular flexibility index (Phi) is 3.18. The van der Waals surface area contributed by atoms with Gasteiger partial charge in [-0.3, -0.25) is 4.68 Å². The first-order valence-electron chi connectivity index (χ1n) is 5.96. The zero-order valence-electron chi connectivity index (χ0n) is 10.6. The molecular weight excluding hydrogens is 210 g/mol. The SMILES string of the molecule is CC(C)Cc1nn(C)c(N)c1-c1ccccc1. The molecule has 3 heteroatoms. The highest BCUT2D eigenvalue weighted by Crippen LogP contribution is 2.30. The number of rotatable bonds is 3. The van der Waals surface area contributed by atoms with Crippen LogP contribution in [0.1, 0.15) is 19.5 Å². The van der Waals surface area contributed by atoms with E-state index < -0.39 is 0 Å². The fourth-order valence-electron chi connectivity index (χ4n) is 2.04. The second-order valence-corrected chi connectivity index (χ2v) is 4.79. The number of benzene rings is 1. The molecule has 1 heterocycles. The van der Waals surface area contributed by atoms with Crippen LogP contribution in [0, 0.1) is 5.92 Å². The number of hydrogen-bond donors (Lipinski definition) is 1. The maximum absolute atomic E-state index is 6.11. The average molecular weight is 229 g/mol. The topological polar surface area (TPSA) is 43.8 Å². The standard InChI is InChI=1S/C14H19N3/c1-10(2)9-12-13(14(15)17(3)16-12)11-7-5-4-6-8-11/h4-8,10H,9,15H2,1-3H3. The lowest BCUT2D eigenvalue weighted by Crippen LogP contribution is -1.98. The van der Waals surface area contributed by atoms with E-state index in [1.807, 2.05) is 25.2 Å². The second-order valence-electron chi connectivity index (χ2n) is 4.79. The van der Waals surface area contributed by atoms with Gasteiger partial charge in [0.2, 0.25) is 0 Å². The van der Waals surface area contributed by atoms with Crippen LogP contribution in [-0.2, 0) is 13.5 Å². The van der Waals surface area contributed by atoms with Gasteiger partial charge in [0.25, 0.3) is 0 Å². The van der Waals surface area contributed by atoms with Crippen molar-refractivity contribution in [1.82, 2.24) is 9.78 Å². The number of anilines is 1. The first-order chi connectivity index (χ1) is 8.09.